The number of hydrogen-bond donors (Lipinski definition) is 1. The third-order valence-electron chi connectivity index (χ3n) is 4.54. The third kappa shape index (κ3) is 3.42. The highest BCUT2D eigenvalue weighted by Gasteiger charge is 2.30. The van der Waals surface area contributed by atoms with Crippen molar-refractivity contribution in [3.63, 3.8) is 0 Å². The van der Waals surface area contributed by atoms with Crippen LogP contribution in [-0.2, 0) is 10.3 Å². The van der Waals surface area contributed by atoms with Crippen LogP contribution in [-0.4, -0.2) is 31.0 Å². The Morgan fingerprint density at radius 2 is 2.18 bits per heavy atom. The molecule has 3 heterocycles. The number of nitrogens with zero attached hydrogens (tertiary/aromatic N) is 4. The fourth-order valence-corrected chi connectivity index (χ4v) is 4.58. The molecule has 1 atom stereocenters. The van der Waals surface area contributed by atoms with Crippen molar-refractivity contribution in [2.75, 3.05) is 11.1 Å². The maximum atomic E-state index is 13.1. The molecule has 1 N–H and O–H groups in total. The summed E-state index contributed by atoms with van der Waals surface area (Å²) in [6, 6.07) is 6.74. The summed E-state index contributed by atoms with van der Waals surface area (Å²) >= 11 is 7.45. The lowest BCUT2D eigenvalue weighted by Crippen LogP contribution is -2.29. The van der Waals surface area contributed by atoms with Crippen molar-refractivity contribution in [2.45, 2.75) is 43.9 Å². The SMILES string of the molecule is CC(C)(C)n1ncc2c(=O)n3c(nc21)SCC3CC(=O)Nc1cccc(Cl)c1. The first-order valence-corrected chi connectivity index (χ1v) is 10.3. The third-order valence-corrected chi connectivity index (χ3v) is 5.87. The van der Waals surface area contributed by atoms with Crippen LogP contribution in [0.1, 0.15) is 33.2 Å². The molecule has 9 heteroatoms. The lowest BCUT2D eigenvalue weighted by atomic mass is 10.1. The number of halogens is 1. The first kappa shape index (κ1) is 19.0. The molecule has 0 saturated carbocycles. The van der Waals surface area contributed by atoms with E-state index in [1.807, 2.05) is 20.8 Å². The maximum absolute atomic E-state index is 13.1. The van der Waals surface area contributed by atoms with E-state index in [2.05, 4.69) is 15.4 Å². The molecule has 28 heavy (non-hydrogen) atoms. The lowest BCUT2D eigenvalue weighted by Gasteiger charge is -2.20. The highest BCUT2D eigenvalue weighted by Crippen LogP contribution is 2.34. The summed E-state index contributed by atoms with van der Waals surface area (Å²) in [5.41, 5.74) is 0.789. The standard InChI is InChI=1S/C19H20ClN5O2S/c1-19(2,3)25-16-14(9-21-25)17(27)24-13(10-28-18(24)23-16)8-15(26)22-12-6-4-5-11(20)7-12/h4-7,9,13H,8,10H2,1-3H3,(H,22,26). The van der Waals surface area contributed by atoms with E-state index in [4.69, 9.17) is 11.6 Å². The smallest absolute Gasteiger partial charge is 0.265 e. The Morgan fingerprint density at radius 1 is 1.39 bits per heavy atom. The monoisotopic (exact) mass is 417 g/mol. The van der Waals surface area contributed by atoms with Crippen LogP contribution in [0.4, 0.5) is 5.69 Å². The van der Waals surface area contributed by atoms with Crippen LogP contribution in [0.5, 0.6) is 0 Å². The summed E-state index contributed by atoms with van der Waals surface area (Å²) in [7, 11) is 0. The van der Waals surface area contributed by atoms with Crippen LogP contribution in [0.15, 0.2) is 40.4 Å². The number of hydrogen-bond acceptors (Lipinski definition) is 5. The fourth-order valence-electron chi connectivity index (χ4n) is 3.26. The summed E-state index contributed by atoms with van der Waals surface area (Å²) in [5.74, 6) is 0.457. The van der Waals surface area contributed by atoms with Gasteiger partial charge in [0.1, 0.15) is 5.39 Å². The van der Waals surface area contributed by atoms with E-state index in [0.29, 0.717) is 32.7 Å². The van der Waals surface area contributed by atoms with E-state index in [9.17, 15) is 9.59 Å². The minimum absolute atomic E-state index is 0.152. The van der Waals surface area contributed by atoms with Crippen LogP contribution in [0.2, 0.25) is 5.02 Å². The molecule has 1 aromatic carbocycles. The molecule has 7 nitrogen and oxygen atoms in total. The van der Waals surface area contributed by atoms with Gasteiger partial charge in [-0.2, -0.15) is 5.10 Å². The van der Waals surface area contributed by atoms with Gasteiger partial charge in [0.2, 0.25) is 5.91 Å². The van der Waals surface area contributed by atoms with Gasteiger partial charge in [-0.25, -0.2) is 9.67 Å². The highest BCUT2D eigenvalue weighted by molar-refractivity contribution is 7.99. The van der Waals surface area contributed by atoms with Gasteiger partial charge in [-0.05, 0) is 39.0 Å². The predicted molar refractivity (Wildman–Crippen MR) is 111 cm³/mol. The molecular weight excluding hydrogens is 398 g/mol. The van der Waals surface area contributed by atoms with Crippen molar-refractivity contribution in [3.8, 4) is 0 Å². The van der Waals surface area contributed by atoms with Gasteiger partial charge in [-0.3, -0.25) is 14.2 Å². The minimum Gasteiger partial charge on any atom is -0.326 e. The molecule has 0 spiro atoms. The van der Waals surface area contributed by atoms with Gasteiger partial charge in [0.15, 0.2) is 10.8 Å². The highest BCUT2D eigenvalue weighted by atomic mass is 35.5. The number of fused-ring (bicyclic) bond motifs is 2. The Bertz CT molecular complexity index is 1130. The zero-order chi connectivity index (χ0) is 20.1. The summed E-state index contributed by atoms with van der Waals surface area (Å²) in [4.78, 5) is 30.2. The average Bonchev–Trinajstić information content (AvgIpc) is 3.19. The molecule has 1 unspecified atom stereocenters. The van der Waals surface area contributed by atoms with E-state index >= 15 is 0 Å². The number of aromatic nitrogens is 4. The maximum Gasteiger partial charge on any atom is 0.265 e. The molecule has 1 aliphatic rings. The zero-order valence-corrected chi connectivity index (χ0v) is 17.3. The molecular formula is C19H20ClN5O2S. The quantitative estimate of drug-likeness (QED) is 0.657. The Morgan fingerprint density at radius 3 is 2.89 bits per heavy atom. The van der Waals surface area contributed by atoms with Gasteiger partial charge < -0.3 is 5.32 Å². The van der Waals surface area contributed by atoms with Crippen molar-refractivity contribution in [1.82, 2.24) is 19.3 Å². The normalized spacial score (nSPS) is 16.4. The average molecular weight is 418 g/mol. The van der Waals surface area contributed by atoms with E-state index < -0.39 is 0 Å². The van der Waals surface area contributed by atoms with Crippen LogP contribution in [0.3, 0.4) is 0 Å². The fraction of sp³-hybridized carbons (Fsp3) is 0.368. The molecule has 0 fully saturated rings. The van der Waals surface area contributed by atoms with Crippen molar-refractivity contribution in [2.24, 2.45) is 0 Å². The van der Waals surface area contributed by atoms with Gasteiger partial charge in [0.25, 0.3) is 5.56 Å². The molecule has 0 saturated heterocycles. The molecule has 0 bridgehead atoms. The van der Waals surface area contributed by atoms with Gasteiger partial charge in [0, 0.05) is 22.9 Å². The van der Waals surface area contributed by atoms with Crippen LogP contribution in [0, 0.1) is 0 Å². The second-order valence-corrected chi connectivity index (χ2v) is 9.19. The molecule has 0 aliphatic carbocycles. The van der Waals surface area contributed by atoms with E-state index in [1.54, 1.807) is 39.7 Å². The van der Waals surface area contributed by atoms with Gasteiger partial charge >= 0.3 is 0 Å². The molecule has 1 aliphatic heterocycles. The minimum atomic E-state index is -0.278. The van der Waals surface area contributed by atoms with Crippen LogP contribution in [0.25, 0.3) is 11.0 Å². The molecule has 1 amide bonds. The molecule has 4 rings (SSSR count). The second-order valence-electron chi connectivity index (χ2n) is 7.76. The number of amides is 1. The zero-order valence-electron chi connectivity index (χ0n) is 15.8. The second kappa shape index (κ2) is 6.93. The van der Waals surface area contributed by atoms with Crippen molar-refractivity contribution in [1.29, 1.82) is 0 Å². The van der Waals surface area contributed by atoms with E-state index in [0.717, 1.165) is 0 Å². The van der Waals surface area contributed by atoms with Gasteiger partial charge in [-0.1, -0.05) is 29.4 Å². The number of anilines is 1. The predicted octanol–water partition coefficient (Wildman–Crippen LogP) is 3.68. The first-order chi connectivity index (χ1) is 13.2. The largest absolute Gasteiger partial charge is 0.326 e. The Balaban J connectivity index is 1.62. The topological polar surface area (TPSA) is 81.8 Å². The number of carbonyl (C=O) groups is 1. The van der Waals surface area contributed by atoms with Crippen LogP contribution >= 0.6 is 23.4 Å². The lowest BCUT2D eigenvalue weighted by molar-refractivity contribution is -0.116. The number of rotatable bonds is 3. The van der Waals surface area contributed by atoms with Crippen molar-refractivity contribution in [3.05, 3.63) is 45.8 Å². The summed E-state index contributed by atoms with van der Waals surface area (Å²) < 4.78 is 3.39. The van der Waals surface area contributed by atoms with Gasteiger partial charge in [-0.15, -0.1) is 0 Å². The van der Waals surface area contributed by atoms with Gasteiger partial charge in [0.05, 0.1) is 17.8 Å². The summed E-state index contributed by atoms with van der Waals surface area (Å²) in [6.07, 6.45) is 1.75. The molecule has 2 aromatic heterocycles. The van der Waals surface area contributed by atoms with E-state index in [1.165, 1.54) is 11.8 Å². The van der Waals surface area contributed by atoms with E-state index in [-0.39, 0.29) is 29.5 Å². The summed E-state index contributed by atoms with van der Waals surface area (Å²) in [5, 5.41) is 8.85. The first-order valence-electron chi connectivity index (χ1n) is 8.93. The Kier molecular flexibility index (Phi) is 4.71. The number of carbonyl (C=O) groups excluding carboxylic acids is 1. The Labute approximate surface area is 171 Å². The number of benzene rings is 1. The van der Waals surface area contributed by atoms with Crippen LogP contribution < -0.4 is 10.9 Å². The molecule has 0 radical (unpaired) electrons. The molecule has 146 valence electrons. The number of thioether (sulfide) groups is 1. The van der Waals surface area contributed by atoms with Crippen molar-refractivity contribution >= 4 is 46.0 Å². The van der Waals surface area contributed by atoms with Crippen molar-refractivity contribution < 1.29 is 4.79 Å². The molecule has 3 aromatic rings. The Hall–Kier alpha value is -2.32. The summed E-state index contributed by atoms with van der Waals surface area (Å²) in [6.45, 7) is 6.05. The number of nitrogens with one attached hydrogen (secondary N) is 1.